The summed E-state index contributed by atoms with van der Waals surface area (Å²) in [6.07, 6.45) is 3.89. The molecule has 4 nitrogen and oxygen atoms in total. The fourth-order valence-electron chi connectivity index (χ4n) is 2.38. The molecule has 1 aromatic heterocycles. The Kier molecular flexibility index (Phi) is 4.52. The molecular weight excluding hydrogens is 286 g/mol. The predicted octanol–water partition coefficient (Wildman–Crippen LogP) is 3.42. The van der Waals surface area contributed by atoms with Crippen molar-refractivity contribution in [3.63, 3.8) is 0 Å². The van der Waals surface area contributed by atoms with E-state index in [0.29, 0.717) is 13.0 Å². The quantitative estimate of drug-likeness (QED) is 0.785. The van der Waals surface area contributed by atoms with Crippen LogP contribution in [0.2, 0.25) is 0 Å². The van der Waals surface area contributed by atoms with E-state index in [1.165, 1.54) is 11.1 Å². The van der Waals surface area contributed by atoms with E-state index in [9.17, 15) is 4.79 Å². The van der Waals surface area contributed by atoms with Crippen molar-refractivity contribution in [3.05, 3.63) is 83.7 Å². The van der Waals surface area contributed by atoms with Gasteiger partial charge < -0.3 is 5.32 Å². The molecular formula is C19H19N3O. The number of hydrogen-bond acceptors (Lipinski definition) is 2. The number of nitrogens with one attached hydrogen (secondary N) is 1. The molecule has 0 unspecified atom stereocenters. The van der Waals surface area contributed by atoms with Crippen LogP contribution in [0.1, 0.15) is 16.7 Å². The summed E-state index contributed by atoms with van der Waals surface area (Å²) in [5.74, 6) is -0.0342. The van der Waals surface area contributed by atoms with Gasteiger partial charge in [-0.2, -0.15) is 5.10 Å². The molecule has 2 aromatic carbocycles. The van der Waals surface area contributed by atoms with Crippen LogP contribution in [0.4, 0.5) is 5.69 Å². The molecule has 0 aliphatic carbocycles. The Morgan fingerprint density at radius 1 is 1.04 bits per heavy atom. The van der Waals surface area contributed by atoms with E-state index < -0.39 is 0 Å². The third kappa shape index (κ3) is 4.30. The van der Waals surface area contributed by atoms with Crippen molar-refractivity contribution >= 4 is 11.6 Å². The molecule has 1 heterocycles. The lowest BCUT2D eigenvalue weighted by Crippen LogP contribution is -2.14. The minimum absolute atomic E-state index is 0.0342. The summed E-state index contributed by atoms with van der Waals surface area (Å²) in [4.78, 5) is 12.1. The highest BCUT2D eigenvalue weighted by atomic mass is 16.1. The third-order valence-electron chi connectivity index (χ3n) is 3.59. The molecule has 1 N–H and O–H groups in total. The van der Waals surface area contributed by atoms with Gasteiger partial charge in [0.2, 0.25) is 5.91 Å². The van der Waals surface area contributed by atoms with E-state index in [1.54, 1.807) is 6.20 Å². The Hall–Kier alpha value is -2.88. The second kappa shape index (κ2) is 6.92. The van der Waals surface area contributed by atoms with Gasteiger partial charge in [0.05, 0.1) is 24.8 Å². The van der Waals surface area contributed by atoms with E-state index in [0.717, 1.165) is 11.3 Å². The van der Waals surface area contributed by atoms with Gasteiger partial charge in [-0.3, -0.25) is 9.48 Å². The van der Waals surface area contributed by atoms with Gasteiger partial charge >= 0.3 is 0 Å². The second-order valence-electron chi connectivity index (χ2n) is 5.62. The van der Waals surface area contributed by atoms with Crippen LogP contribution in [0.5, 0.6) is 0 Å². The fourth-order valence-corrected chi connectivity index (χ4v) is 2.38. The zero-order valence-corrected chi connectivity index (χ0v) is 13.1. The minimum atomic E-state index is -0.0342. The number of rotatable bonds is 5. The molecule has 0 saturated heterocycles. The number of hydrogen-bond donors (Lipinski definition) is 1. The number of carbonyl (C=O) groups excluding carboxylic acids is 1. The topological polar surface area (TPSA) is 46.9 Å². The van der Waals surface area contributed by atoms with Crippen LogP contribution in [0.3, 0.4) is 0 Å². The molecule has 23 heavy (non-hydrogen) atoms. The lowest BCUT2D eigenvalue weighted by molar-refractivity contribution is -0.115. The fraction of sp³-hybridized carbons (Fsp3) is 0.158. The first-order chi connectivity index (χ1) is 11.2. The molecule has 3 aromatic rings. The van der Waals surface area contributed by atoms with E-state index >= 15 is 0 Å². The molecule has 4 heteroatoms. The Bertz CT molecular complexity index is 776. The van der Waals surface area contributed by atoms with Gasteiger partial charge in [0.25, 0.3) is 0 Å². The number of aromatic nitrogens is 2. The Labute approximate surface area is 135 Å². The Balaban J connectivity index is 1.58. The highest BCUT2D eigenvalue weighted by molar-refractivity contribution is 5.91. The van der Waals surface area contributed by atoms with Gasteiger partial charge in [-0.1, -0.05) is 60.2 Å². The molecule has 3 rings (SSSR count). The minimum Gasteiger partial charge on any atom is -0.323 e. The molecule has 0 spiro atoms. The zero-order chi connectivity index (χ0) is 16.1. The standard InChI is InChI=1S/C19H19N3O/c1-15-7-9-16(10-8-15)11-19(23)21-18-12-20-22(14-18)13-17-5-3-2-4-6-17/h2-10,12,14H,11,13H2,1H3,(H,21,23). The first-order valence-corrected chi connectivity index (χ1v) is 7.61. The Morgan fingerprint density at radius 3 is 2.52 bits per heavy atom. The van der Waals surface area contributed by atoms with E-state index in [4.69, 9.17) is 0 Å². The molecule has 0 atom stereocenters. The SMILES string of the molecule is Cc1ccc(CC(=O)Nc2cnn(Cc3ccccc3)c2)cc1. The van der Waals surface area contributed by atoms with E-state index in [1.807, 2.05) is 60.3 Å². The van der Waals surface area contributed by atoms with Crippen LogP contribution in [-0.2, 0) is 17.8 Å². The van der Waals surface area contributed by atoms with Crippen molar-refractivity contribution in [1.29, 1.82) is 0 Å². The molecule has 0 aliphatic heterocycles. The summed E-state index contributed by atoms with van der Waals surface area (Å²) in [5, 5.41) is 7.17. The van der Waals surface area contributed by atoms with E-state index in [2.05, 4.69) is 22.5 Å². The number of nitrogens with zero attached hydrogens (tertiary/aromatic N) is 2. The average Bonchev–Trinajstić information content (AvgIpc) is 2.97. The second-order valence-corrected chi connectivity index (χ2v) is 5.62. The predicted molar refractivity (Wildman–Crippen MR) is 91.3 cm³/mol. The highest BCUT2D eigenvalue weighted by Gasteiger charge is 2.06. The van der Waals surface area contributed by atoms with Crippen LogP contribution in [-0.4, -0.2) is 15.7 Å². The average molecular weight is 305 g/mol. The molecule has 116 valence electrons. The smallest absolute Gasteiger partial charge is 0.228 e. The van der Waals surface area contributed by atoms with Crippen LogP contribution < -0.4 is 5.32 Å². The summed E-state index contributed by atoms with van der Waals surface area (Å²) >= 11 is 0. The molecule has 1 amide bonds. The van der Waals surface area contributed by atoms with Crippen molar-refractivity contribution in [3.8, 4) is 0 Å². The maximum atomic E-state index is 12.1. The largest absolute Gasteiger partial charge is 0.323 e. The van der Waals surface area contributed by atoms with Crippen LogP contribution in [0.15, 0.2) is 67.0 Å². The van der Waals surface area contributed by atoms with Gasteiger partial charge in [-0.25, -0.2) is 0 Å². The molecule has 0 fully saturated rings. The third-order valence-corrected chi connectivity index (χ3v) is 3.59. The summed E-state index contributed by atoms with van der Waals surface area (Å²) in [5.41, 5.74) is 4.09. The van der Waals surface area contributed by atoms with Gasteiger partial charge in [0.1, 0.15) is 0 Å². The molecule has 0 aliphatic rings. The first-order valence-electron chi connectivity index (χ1n) is 7.61. The van der Waals surface area contributed by atoms with Gasteiger partial charge in [0, 0.05) is 6.20 Å². The molecule has 0 saturated carbocycles. The van der Waals surface area contributed by atoms with Crippen LogP contribution in [0.25, 0.3) is 0 Å². The first kappa shape index (κ1) is 15.0. The lowest BCUT2D eigenvalue weighted by atomic mass is 10.1. The van der Waals surface area contributed by atoms with Crippen LogP contribution in [0, 0.1) is 6.92 Å². The summed E-state index contributed by atoms with van der Waals surface area (Å²) in [7, 11) is 0. The summed E-state index contributed by atoms with van der Waals surface area (Å²) in [6.45, 7) is 2.72. The molecule has 0 radical (unpaired) electrons. The number of carbonyl (C=O) groups is 1. The van der Waals surface area contributed by atoms with Crippen molar-refractivity contribution < 1.29 is 4.79 Å². The van der Waals surface area contributed by atoms with Crippen molar-refractivity contribution in [2.75, 3.05) is 5.32 Å². The van der Waals surface area contributed by atoms with Crippen molar-refractivity contribution in [2.24, 2.45) is 0 Å². The lowest BCUT2D eigenvalue weighted by Gasteiger charge is -2.03. The number of aryl methyl sites for hydroxylation is 1. The van der Waals surface area contributed by atoms with Crippen molar-refractivity contribution in [1.82, 2.24) is 9.78 Å². The summed E-state index contributed by atoms with van der Waals surface area (Å²) in [6, 6.07) is 18.1. The number of anilines is 1. The van der Waals surface area contributed by atoms with E-state index in [-0.39, 0.29) is 5.91 Å². The summed E-state index contributed by atoms with van der Waals surface area (Å²) < 4.78 is 1.82. The van der Waals surface area contributed by atoms with Gasteiger partial charge in [0.15, 0.2) is 0 Å². The maximum absolute atomic E-state index is 12.1. The molecule has 0 bridgehead atoms. The number of amides is 1. The maximum Gasteiger partial charge on any atom is 0.228 e. The number of benzene rings is 2. The zero-order valence-electron chi connectivity index (χ0n) is 13.1. The van der Waals surface area contributed by atoms with Crippen molar-refractivity contribution in [2.45, 2.75) is 19.9 Å². The monoisotopic (exact) mass is 305 g/mol. The highest BCUT2D eigenvalue weighted by Crippen LogP contribution is 2.10. The van der Waals surface area contributed by atoms with Gasteiger partial charge in [-0.05, 0) is 18.1 Å². The Morgan fingerprint density at radius 2 is 1.78 bits per heavy atom. The van der Waals surface area contributed by atoms with Crippen LogP contribution >= 0.6 is 0 Å². The normalized spacial score (nSPS) is 10.5. The van der Waals surface area contributed by atoms with Gasteiger partial charge in [-0.15, -0.1) is 0 Å².